The number of benzene rings is 1. The van der Waals surface area contributed by atoms with Crippen molar-refractivity contribution in [2.45, 2.75) is 20.3 Å². The normalized spacial score (nSPS) is 10.8. The number of hydrogen-bond donors (Lipinski definition) is 1. The molecule has 0 aliphatic carbocycles. The van der Waals surface area contributed by atoms with Crippen molar-refractivity contribution in [1.29, 1.82) is 0 Å². The summed E-state index contributed by atoms with van der Waals surface area (Å²) in [5.74, 6) is 1.67. The van der Waals surface area contributed by atoms with Crippen LogP contribution in [0.25, 0.3) is 11.0 Å². The van der Waals surface area contributed by atoms with Crippen LogP contribution in [0.2, 0.25) is 0 Å². The Kier molecular flexibility index (Phi) is 4.20. The highest BCUT2D eigenvalue weighted by Gasteiger charge is 2.17. The predicted octanol–water partition coefficient (Wildman–Crippen LogP) is 3.02. The minimum Gasteiger partial charge on any atom is -0.497 e. The predicted molar refractivity (Wildman–Crippen MR) is 90.9 cm³/mol. The number of imidazole rings is 1. The zero-order valence-corrected chi connectivity index (χ0v) is 14.1. The Balaban J connectivity index is 1.90. The number of aryl methyl sites for hydroxylation is 1. The second-order valence-corrected chi connectivity index (χ2v) is 5.61. The zero-order valence-electron chi connectivity index (χ0n) is 14.1. The number of aromatic nitrogens is 3. The third kappa shape index (κ3) is 2.82. The van der Waals surface area contributed by atoms with Gasteiger partial charge in [0.2, 0.25) is 5.78 Å². The third-order valence-corrected chi connectivity index (χ3v) is 4.03. The van der Waals surface area contributed by atoms with E-state index in [2.05, 4.69) is 15.0 Å². The molecule has 1 N–H and O–H groups in total. The molecule has 0 spiro atoms. The van der Waals surface area contributed by atoms with Crippen molar-refractivity contribution < 1.29 is 14.3 Å². The van der Waals surface area contributed by atoms with Gasteiger partial charge in [-0.25, -0.2) is 4.98 Å². The Hall–Kier alpha value is -2.89. The number of nitrogens with one attached hydrogen (secondary N) is 1. The number of hydrogen-bond acceptors (Lipinski definition) is 5. The minimum atomic E-state index is -0.119. The maximum atomic E-state index is 12.6. The summed E-state index contributed by atoms with van der Waals surface area (Å²) in [6.45, 7) is 3.84. The van der Waals surface area contributed by atoms with Gasteiger partial charge in [-0.05, 0) is 26.0 Å². The Morgan fingerprint density at radius 3 is 2.71 bits per heavy atom. The Morgan fingerprint density at radius 2 is 2.00 bits per heavy atom. The van der Waals surface area contributed by atoms with E-state index in [4.69, 9.17) is 9.47 Å². The molecule has 3 aromatic rings. The average Bonchev–Trinajstić information content (AvgIpc) is 3.01. The molecule has 2 aromatic heterocycles. The number of rotatable bonds is 5. The molecule has 0 saturated heterocycles. The molecule has 6 nitrogen and oxygen atoms in total. The smallest absolute Gasteiger partial charge is 0.204 e. The maximum absolute atomic E-state index is 12.6. The molecular weight excluding hydrogens is 306 g/mol. The molecule has 0 aliphatic rings. The molecule has 0 atom stereocenters. The van der Waals surface area contributed by atoms with Gasteiger partial charge in [0, 0.05) is 23.4 Å². The minimum absolute atomic E-state index is 0.119. The van der Waals surface area contributed by atoms with Gasteiger partial charge >= 0.3 is 0 Å². The number of methoxy groups -OCH3 is 2. The molecule has 1 aromatic carbocycles. The lowest BCUT2D eigenvalue weighted by atomic mass is 10.1. The van der Waals surface area contributed by atoms with Crippen LogP contribution in [0.4, 0.5) is 0 Å². The molecule has 0 aliphatic heterocycles. The quantitative estimate of drug-likeness (QED) is 0.730. The summed E-state index contributed by atoms with van der Waals surface area (Å²) in [6.07, 6.45) is 1.89. The van der Waals surface area contributed by atoms with Gasteiger partial charge in [-0.2, -0.15) is 0 Å². The molecule has 0 bridgehead atoms. The second kappa shape index (κ2) is 6.31. The lowest BCUT2D eigenvalue weighted by Gasteiger charge is -2.11. The number of carbonyl (C=O) groups is 1. The van der Waals surface area contributed by atoms with E-state index >= 15 is 0 Å². The van der Waals surface area contributed by atoms with Crippen LogP contribution in [-0.4, -0.2) is 35.0 Å². The first-order valence-corrected chi connectivity index (χ1v) is 7.59. The first-order chi connectivity index (χ1) is 11.5. The van der Waals surface area contributed by atoms with E-state index in [1.807, 2.05) is 26.0 Å². The summed E-state index contributed by atoms with van der Waals surface area (Å²) in [4.78, 5) is 24.4. The van der Waals surface area contributed by atoms with Crippen molar-refractivity contribution in [1.82, 2.24) is 15.0 Å². The van der Waals surface area contributed by atoms with Crippen molar-refractivity contribution in [3.05, 3.63) is 47.0 Å². The number of aromatic amines is 1. The first-order valence-electron chi connectivity index (χ1n) is 7.59. The standard InChI is InChI=1S/C18H19N3O3/c1-10-9-19-14(11(2)17(10)24-4)8-16(22)18-20-13-6-5-12(23-3)7-15(13)21-18/h5-7,9H,8H2,1-4H3,(H,20,21). The number of Topliss-reactive ketones (excluding diaryl/α,β-unsaturated/α-hetero) is 1. The highest BCUT2D eigenvalue weighted by Crippen LogP contribution is 2.25. The van der Waals surface area contributed by atoms with Gasteiger partial charge in [0.1, 0.15) is 11.5 Å². The fourth-order valence-corrected chi connectivity index (χ4v) is 2.73. The largest absolute Gasteiger partial charge is 0.497 e. The van der Waals surface area contributed by atoms with E-state index in [0.717, 1.165) is 22.4 Å². The van der Waals surface area contributed by atoms with Crippen LogP contribution in [0.1, 0.15) is 27.4 Å². The van der Waals surface area contributed by atoms with Crippen molar-refractivity contribution in [2.24, 2.45) is 0 Å². The van der Waals surface area contributed by atoms with E-state index in [9.17, 15) is 4.79 Å². The fourth-order valence-electron chi connectivity index (χ4n) is 2.73. The van der Waals surface area contributed by atoms with Gasteiger partial charge in [0.25, 0.3) is 0 Å². The van der Waals surface area contributed by atoms with Crippen molar-refractivity contribution in [3.8, 4) is 11.5 Å². The number of H-pyrrole nitrogens is 1. The topological polar surface area (TPSA) is 77.1 Å². The van der Waals surface area contributed by atoms with E-state index in [1.54, 1.807) is 26.5 Å². The Labute approximate surface area is 139 Å². The van der Waals surface area contributed by atoms with Gasteiger partial charge in [0.15, 0.2) is 5.82 Å². The Morgan fingerprint density at radius 1 is 1.21 bits per heavy atom. The molecule has 2 heterocycles. The molecule has 0 amide bonds. The second-order valence-electron chi connectivity index (χ2n) is 5.61. The van der Waals surface area contributed by atoms with Gasteiger partial charge in [0.05, 0.1) is 37.4 Å². The zero-order chi connectivity index (χ0) is 17.3. The highest BCUT2D eigenvalue weighted by atomic mass is 16.5. The van der Waals surface area contributed by atoms with Crippen LogP contribution < -0.4 is 9.47 Å². The van der Waals surface area contributed by atoms with Crippen LogP contribution in [0.3, 0.4) is 0 Å². The lowest BCUT2D eigenvalue weighted by molar-refractivity contribution is 0.0983. The molecule has 6 heteroatoms. The molecular formula is C18H19N3O3. The summed E-state index contributed by atoms with van der Waals surface area (Å²) in [5, 5.41) is 0. The Bertz CT molecular complexity index is 915. The summed E-state index contributed by atoms with van der Waals surface area (Å²) in [5.41, 5.74) is 4.01. The number of pyridine rings is 1. The summed E-state index contributed by atoms with van der Waals surface area (Å²) in [7, 11) is 3.21. The number of fused-ring (bicyclic) bond motifs is 1. The fraction of sp³-hybridized carbons (Fsp3) is 0.278. The monoisotopic (exact) mass is 325 g/mol. The first kappa shape index (κ1) is 16.0. The number of ether oxygens (including phenoxy) is 2. The molecule has 0 saturated carbocycles. The lowest BCUT2D eigenvalue weighted by Crippen LogP contribution is -2.09. The molecule has 0 fully saturated rings. The van der Waals surface area contributed by atoms with Gasteiger partial charge in [-0.15, -0.1) is 0 Å². The maximum Gasteiger partial charge on any atom is 0.204 e. The summed E-state index contributed by atoms with van der Waals surface area (Å²) in [6, 6.07) is 5.46. The number of nitrogens with zero attached hydrogens (tertiary/aromatic N) is 2. The van der Waals surface area contributed by atoms with E-state index in [1.165, 1.54) is 0 Å². The van der Waals surface area contributed by atoms with Gasteiger partial charge in [-0.1, -0.05) is 0 Å². The molecule has 0 unspecified atom stereocenters. The summed E-state index contributed by atoms with van der Waals surface area (Å²) >= 11 is 0. The van der Waals surface area contributed by atoms with Crippen LogP contribution in [-0.2, 0) is 6.42 Å². The molecule has 24 heavy (non-hydrogen) atoms. The van der Waals surface area contributed by atoms with Crippen LogP contribution in [0, 0.1) is 13.8 Å². The van der Waals surface area contributed by atoms with Crippen molar-refractivity contribution in [2.75, 3.05) is 14.2 Å². The van der Waals surface area contributed by atoms with Crippen molar-refractivity contribution >= 4 is 16.8 Å². The highest BCUT2D eigenvalue weighted by molar-refractivity contribution is 5.97. The van der Waals surface area contributed by atoms with E-state index < -0.39 is 0 Å². The average molecular weight is 325 g/mol. The van der Waals surface area contributed by atoms with E-state index in [-0.39, 0.29) is 12.2 Å². The van der Waals surface area contributed by atoms with Crippen LogP contribution in [0.15, 0.2) is 24.4 Å². The van der Waals surface area contributed by atoms with E-state index in [0.29, 0.717) is 22.8 Å². The molecule has 0 radical (unpaired) electrons. The van der Waals surface area contributed by atoms with Crippen LogP contribution in [0.5, 0.6) is 11.5 Å². The molecule has 124 valence electrons. The number of carbonyl (C=O) groups excluding carboxylic acids is 1. The third-order valence-electron chi connectivity index (χ3n) is 4.03. The van der Waals surface area contributed by atoms with Gasteiger partial charge in [-0.3, -0.25) is 9.78 Å². The number of ketones is 1. The molecule has 3 rings (SSSR count). The summed E-state index contributed by atoms with van der Waals surface area (Å²) < 4.78 is 10.6. The van der Waals surface area contributed by atoms with Crippen molar-refractivity contribution in [3.63, 3.8) is 0 Å². The van der Waals surface area contributed by atoms with Crippen LogP contribution >= 0.6 is 0 Å². The van der Waals surface area contributed by atoms with Gasteiger partial charge < -0.3 is 14.5 Å². The SMILES string of the molecule is COc1ccc2[nH]c(C(=O)Cc3ncc(C)c(OC)c3C)nc2c1.